The summed E-state index contributed by atoms with van der Waals surface area (Å²) in [6, 6.07) is 23.1. The zero-order valence-corrected chi connectivity index (χ0v) is 15.6. The number of rotatable bonds is 2. The van der Waals surface area contributed by atoms with Crippen LogP contribution in [-0.4, -0.2) is 15.1 Å². The lowest BCUT2D eigenvalue weighted by Gasteiger charge is -2.17. The smallest absolute Gasteiger partial charge is 0.283 e. The Hall–Kier alpha value is -3.66. The van der Waals surface area contributed by atoms with Gasteiger partial charge in [0.05, 0.1) is 17.1 Å². The summed E-state index contributed by atoms with van der Waals surface area (Å²) in [6.45, 7) is 4.01. The number of hydrogen-bond acceptors (Lipinski definition) is 2. The molecule has 1 aromatic heterocycles. The molecule has 0 radical (unpaired) electrons. The zero-order valence-electron chi connectivity index (χ0n) is 15.6. The van der Waals surface area contributed by atoms with Crippen LogP contribution in [0.3, 0.4) is 0 Å². The Morgan fingerprint density at radius 3 is 2.04 bits per heavy atom. The molecule has 4 nitrogen and oxygen atoms in total. The Bertz CT molecular complexity index is 1310. The molecule has 0 fully saturated rings. The van der Waals surface area contributed by atoms with Gasteiger partial charge in [0.25, 0.3) is 5.56 Å². The molecule has 0 saturated carbocycles. The molecule has 0 amide bonds. The zero-order chi connectivity index (χ0) is 19.4. The molecule has 1 aliphatic carbocycles. The first kappa shape index (κ1) is 16.5. The fourth-order valence-corrected chi connectivity index (χ4v) is 3.93. The van der Waals surface area contributed by atoms with Gasteiger partial charge >= 0.3 is 0 Å². The maximum Gasteiger partial charge on any atom is 0.283 e. The SMILES string of the molecule is Cc1ccc(-n2c(=O)c3c(n2-c2ccccc2C)-c2ccccc2C3=O)cc1. The van der Waals surface area contributed by atoms with Crippen molar-refractivity contribution in [3.05, 3.63) is 105 Å². The Morgan fingerprint density at radius 1 is 0.679 bits per heavy atom. The molecule has 1 aliphatic rings. The summed E-state index contributed by atoms with van der Waals surface area (Å²) in [6.07, 6.45) is 0. The van der Waals surface area contributed by atoms with Crippen molar-refractivity contribution in [1.29, 1.82) is 0 Å². The lowest BCUT2D eigenvalue weighted by molar-refractivity contribution is 0.104. The second-order valence-corrected chi connectivity index (χ2v) is 7.15. The topological polar surface area (TPSA) is 44.0 Å². The summed E-state index contributed by atoms with van der Waals surface area (Å²) in [4.78, 5) is 26.5. The number of fused-ring (bicyclic) bond motifs is 3. The number of carbonyl (C=O) groups is 1. The van der Waals surface area contributed by atoms with Gasteiger partial charge in [-0.1, -0.05) is 60.2 Å². The second kappa shape index (κ2) is 5.92. The summed E-state index contributed by atoms with van der Waals surface area (Å²) in [5.41, 5.74) is 5.76. The lowest BCUT2D eigenvalue weighted by atomic mass is 10.1. The molecule has 0 unspecified atom stereocenters. The monoisotopic (exact) mass is 366 g/mol. The van der Waals surface area contributed by atoms with Crippen LogP contribution in [0.1, 0.15) is 27.0 Å². The van der Waals surface area contributed by atoms with Crippen molar-refractivity contribution in [2.75, 3.05) is 0 Å². The predicted molar refractivity (Wildman–Crippen MR) is 110 cm³/mol. The fraction of sp³-hybridized carbons (Fsp3) is 0.0833. The molecule has 4 aromatic rings. The van der Waals surface area contributed by atoms with E-state index in [1.54, 1.807) is 10.7 Å². The number of hydrogen-bond donors (Lipinski definition) is 0. The van der Waals surface area contributed by atoms with Gasteiger partial charge < -0.3 is 0 Å². The highest BCUT2D eigenvalue weighted by molar-refractivity contribution is 6.21. The minimum Gasteiger partial charge on any atom is -0.288 e. The van der Waals surface area contributed by atoms with Gasteiger partial charge in [-0.25, -0.2) is 9.36 Å². The third kappa shape index (κ3) is 2.18. The number of aryl methyl sites for hydroxylation is 2. The third-order valence-corrected chi connectivity index (χ3v) is 5.33. The molecule has 0 bridgehead atoms. The minimum atomic E-state index is -0.289. The van der Waals surface area contributed by atoms with Gasteiger partial charge in [0, 0.05) is 11.1 Å². The van der Waals surface area contributed by atoms with Crippen molar-refractivity contribution in [3.8, 4) is 22.6 Å². The van der Waals surface area contributed by atoms with Crippen LogP contribution in [0, 0.1) is 13.8 Å². The van der Waals surface area contributed by atoms with Gasteiger partial charge in [0.1, 0.15) is 5.56 Å². The standard InChI is InChI=1S/C24H18N2O2/c1-15-11-13-17(14-12-15)25-24(28)21-22(18-8-4-5-9-19(18)23(21)27)26(25)20-10-6-3-7-16(20)2/h3-14H,1-2H3. The summed E-state index contributed by atoms with van der Waals surface area (Å²) in [5, 5.41) is 0. The first-order chi connectivity index (χ1) is 13.6. The van der Waals surface area contributed by atoms with Crippen LogP contribution in [-0.2, 0) is 0 Å². The second-order valence-electron chi connectivity index (χ2n) is 7.15. The van der Waals surface area contributed by atoms with Crippen molar-refractivity contribution in [3.63, 3.8) is 0 Å². The molecule has 0 spiro atoms. The van der Waals surface area contributed by atoms with E-state index >= 15 is 0 Å². The van der Waals surface area contributed by atoms with Crippen LogP contribution in [0.25, 0.3) is 22.6 Å². The van der Waals surface area contributed by atoms with E-state index in [-0.39, 0.29) is 16.9 Å². The Labute approximate surface area is 162 Å². The molecule has 3 aromatic carbocycles. The van der Waals surface area contributed by atoms with E-state index in [2.05, 4.69) is 0 Å². The van der Waals surface area contributed by atoms with Gasteiger partial charge in [0.15, 0.2) is 0 Å². The Morgan fingerprint density at radius 2 is 1.32 bits per heavy atom. The molecule has 0 aliphatic heterocycles. The number of nitrogens with zero attached hydrogens (tertiary/aromatic N) is 2. The lowest BCUT2D eigenvalue weighted by Crippen LogP contribution is -2.24. The fourth-order valence-electron chi connectivity index (χ4n) is 3.93. The van der Waals surface area contributed by atoms with E-state index in [1.807, 2.05) is 85.3 Å². The maximum atomic E-state index is 13.5. The number of carbonyl (C=O) groups excluding carboxylic acids is 1. The number of benzene rings is 3. The number of aromatic nitrogens is 2. The van der Waals surface area contributed by atoms with E-state index in [9.17, 15) is 9.59 Å². The third-order valence-electron chi connectivity index (χ3n) is 5.33. The van der Waals surface area contributed by atoms with E-state index in [4.69, 9.17) is 0 Å². The summed E-state index contributed by atoms with van der Waals surface area (Å²) >= 11 is 0. The van der Waals surface area contributed by atoms with Crippen LogP contribution in [0.15, 0.2) is 77.6 Å². The molecular formula is C24H18N2O2. The van der Waals surface area contributed by atoms with E-state index < -0.39 is 0 Å². The highest BCUT2D eigenvalue weighted by atomic mass is 16.2. The van der Waals surface area contributed by atoms with Gasteiger partial charge in [-0.2, -0.15) is 0 Å². The maximum absolute atomic E-state index is 13.5. The largest absolute Gasteiger partial charge is 0.288 e. The van der Waals surface area contributed by atoms with Gasteiger partial charge in [-0.05, 0) is 37.6 Å². The molecule has 0 saturated heterocycles. The van der Waals surface area contributed by atoms with Crippen molar-refractivity contribution >= 4 is 5.78 Å². The van der Waals surface area contributed by atoms with Crippen molar-refractivity contribution < 1.29 is 4.79 Å². The Kier molecular flexibility index (Phi) is 3.49. The molecular weight excluding hydrogens is 348 g/mol. The highest BCUT2D eigenvalue weighted by Gasteiger charge is 2.36. The van der Waals surface area contributed by atoms with Gasteiger partial charge in [-0.3, -0.25) is 9.59 Å². The summed E-state index contributed by atoms with van der Waals surface area (Å²) in [5.74, 6) is -0.205. The number of ketones is 1. The van der Waals surface area contributed by atoms with Crippen LogP contribution < -0.4 is 5.56 Å². The molecule has 0 N–H and O–H groups in total. The van der Waals surface area contributed by atoms with Crippen molar-refractivity contribution in [2.24, 2.45) is 0 Å². The molecule has 4 heteroatoms. The van der Waals surface area contributed by atoms with E-state index in [1.165, 1.54) is 0 Å². The molecule has 136 valence electrons. The highest BCUT2D eigenvalue weighted by Crippen LogP contribution is 2.37. The van der Waals surface area contributed by atoms with Crippen LogP contribution in [0.4, 0.5) is 0 Å². The van der Waals surface area contributed by atoms with Gasteiger partial charge in [0.2, 0.25) is 5.78 Å². The molecule has 5 rings (SSSR count). The summed E-state index contributed by atoms with van der Waals surface area (Å²) in [7, 11) is 0. The first-order valence-corrected chi connectivity index (χ1v) is 9.23. The van der Waals surface area contributed by atoms with Crippen molar-refractivity contribution in [2.45, 2.75) is 13.8 Å². The van der Waals surface area contributed by atoms with Crippen LogP contribution in [0.5, 0.6) is 0 Å². The number of para-hydroxylation sites is 1. The molecule has 0 atom stereocenters. The van der Waals surface area contributed by atoms with Gasteiger partial charge in [-0.15, -0.1) is 0 Å². The Balaban J connectivity index is 1.95. The van der Waals surface area contributed by atoms with Crippen LogP contribution >= 0.6 is 0 Å². The average Bonchev–Trinajstić information content (AvgIpc) is 3.17. The molecule has 1 heterocycles. The molecule has 28 heavy (non-hydrogen) atoms. The normalized spacial score (nSPS) is 12.1. The first-order valence-electron chi connectivity index (χ1n) is 9.23. The van der Waals surface area contributed by atoms with Crippen molar-refractivity contribution in [1.82, 2.24) is 9.36 Å². The van der Waals surface area contributed by atoms with E-state index in [0.29, 0.717) is 11.3 Å². The van der Waals surface area contributed by atoms with E-state index in [0.717, 1.165) is 28.1 Å². The quantitative estimate of drug-likeness (QED) is 0.463. The average molecular weight is 366 g/mol. The summed E-state index contributed by atoms with van der Waals surface area (Å²) < 4.78 is 3.50. The van der Waals surface area contributed by atoms with Crippen LogP contribution in [0.2, 0.25) is 0 Å². The minimum absolute atomic E-state index is 0.205. The predicted octanol–water partition coefficient (Wildman–Crippen LogP) is 4.46.